The zero-order chi connectivity index (χ0) is 15.7. The van der Waals surface area contributed by atoms with Crippen LogP contribution in [0.4, 0.5) is 0 Å². The van der Waals surface area contributed by atoms with Gasteiger partial charge in [0.25, 0.3) is 0 Å². The average Bonchev–Trinajstić information content (AvgIpc) is 3.05. The van der Waals surface area contributed by atoms with Crippen molar-refractivity contribution in [3.8, 4) is 0 Å². The molecule has 0 radical (unpaired) electrons. The van der Waals surface area contributed by atoms with E-state index in [0.29, 0.717) is 24.6 Å². The summed E-state index contributed by atoms with van der Waals surface area (Å²) in [5, 5.41) is 4.29. The van der Waals surface area contributed by atoms with Crippen LogP contribution in [0.3, 0.4) is 0 Å². The smallest absolute Gasteiger partial charge is 0.341 e. The first-order chi connectivity index (χ1) is 10.6. The van der Waals surface area contributed by atoms with Crippen LogP contribution in [0.5, 0.6) is 0 Å². The first-order valence-corrected chi connectivity index (χ1v) is 8.10. The number of piperidine rings is 1. The molecule has 3 rings (SSSR count). The zero-order valence-electron chi connectivity index (χ0n) is 13.2. The summed E-state index contributed by atoms with van der Waals surface area (Å²) >= 11 is 0. The van der Waals surface area contributed by atoms with Crippen LogP contribution in [-0.4, -0.2) is 46.3 Å². The molecule has 6 heteroatoms. The second-order valence-corrected chi connectivity index (χ2v) is 6.33. The number of ether oxygens (including phenoxy) is 1. The number of hydrogen-bond donors (Lipinski definition) is 0. The number of nitrogens with zero attached hydrogens (tertiary/aromatic N) is 3. The summed E-state index contributed by atoms with van der Waals surface area (Å²) in [5.74, 6) is 0.707. The topological polar surface area (TPSA) is 64.4 Å². The minimum absolute atomic E-state index is 0.148. The monoisotopic (exact) mass is 305 g/mol. The standard InChI is InChI=1S/C16H23N3O3/c1-3-22-16(21)12-8-17-19(9-12)13-5-4-6-18(10-13)15(20)14-7-11(14)2/h8-9,11,13-14H,3-7,10H2,1-2H3. The molecule has 1 aromatic rings. The van der Waals surface area contributed by atoms with Gasteiger partial charge in [-0.2, -0.15) is 5.10 Å². The van der Waals surface area contributed by atoms with Crippen molar-refractivity contribution in [3.63, 3.8) is 0 Å². The van der Waals surface area contributed by atoms with E-state index in [4.69, 9.17) is 4.74 Å². The van der Waals surface area contributed by atoms with Crippen molar-refractivity contribution in [1.82, 2.24) is 14.7 Å². The summed E-state index contributed by atoms with van der Waals surface area (Å²) in [7, 11) is 0. The van der Waals surface area contributed by atoms with E-state index in [1.165, 1.54) is 0 Å². The number of carbonyl (C=O) groups is 2. The van der Waals surface area contributed by atoms with Crippen molar-refractivity contribution in [1.29, 1.82) is 0 Å². The normalized spacial score (nSPS) is 27.5. The van der Waals surface area contributed by atoms with Crippen LogP contribution in [0, 0.1) is 11.8 Å². The molecule has 1 aromatic heterocycles. The second-order valence-electron chi connectivity index (χ2n) is 6.33. The molecule has 3 atom stereocenters. The Bertz CT molecular complexity index is 569. The third-order valence-corrected chi connectivity index (χ3v) is 4.62. The number of hydrogen-bond acceptors (Lipinski definition) is 4. The third kappa shape index (κ3) is 3.00. The highest BCUT2D eigenvalue weighted by Gasteiger charge is 2.42. The molecule has 0 N–H and O–H groups in total. The van der Waals surface area contributed by atoms with E-state index in [2.05, 4.69) is 12.0 Å². The summed E-state index contributed by atoms with van der Waals surface area (Å²) in [6, 6.07) is 0.148. The number of amides is 1. The van der Waals surface area contributed by atoms with Crippen LogP contribution in [0.25, 0.3) is 0 Å². The first-order valence-electron chi connectivity index (χ1n) is 8.10. The highest BCUT2D eigenvalue weighted by atomic mass is 16.5. The molecule has 3 unspecified atom stereocenters. The average molecular weight is 305 g/mol. The van der Waals surface area contributed by atoms with Gasteiger partial charge in [-0.25, -0.2) is 4.79 Å². The van der Waals surface area contributed by atoms with Gasteiger partial charge in [0.15, 0.2) is 0 Å². The summed E-state index contributed by atoms with van der Waals surface area (Å²) < 4.78 is 6.79. The third-order valence-electron chi connectivity index (χ3n) is 4.62. The zero-order valence-corrected chi connectivity index (χ0v) is 13.2. The van der Waals surface area contributed by atoms with E-state index in [1.54, 1.807) is 19.3 Å². The van der Waals surface area contributed by atoms with Gasteiger partial charge in [-0.3, -0.25) is 9.48 Å². The van der Waals surface area contributed by atoms with Gasteiger partial charge in [0.1, 0.15) is 0 Å². The summed E-state index contributed by atoms with van der Waals surface area (Å²) in [6.45, 7) is 5.79. The molecule has 2 aliphatic rings. The maximum atomic E-state index is 12.4. The van der Waals surface area contributed by atoms with E-state index in [-0.39, 0.29) is 23.8 Å². The predicted molar refractivity (Wildman–Crippen MR) is 80.3 cm³/mol. The van der Waals surface area contributed by atoms with E-state index in [0.717, 1.165) is 25.8 Å². The number of rotatable bonds is 4. The number of aromatic nitrogens is 2. The molecule has 0 bridgehead atoms. The van der Waals surface area contributed by atoms with E-state index < -0.39 is 0 Å². The van der Waals surface area contributed by atoms with E-state index >= 15 is 0 Å². The molecule has 1 saturated heterocycles. The molecule has 2 heterocycles. The van der Waals surface area contributed by atoms with Crippen LogP contribution in [-0.2, 0) is 9.53 Å². The number of esters is 1. The lowest BCUT2D eigenvalue weighted by atomic mass is 10.1. The Kier molecular flexibility index (Phi) is 4.18. The van der Waals surface area contributed by atoms with Crippen molar-refractivity contribution < 1.29 is 14.3 Å². The van der Waals surface area contributed by atoms with Gasteiger partial charge in [-0.15, -0.1) is 0 Å². The molecule has 1 aliphatic heterocycles. The van der Waals surface area contributed by atoms with Crippen LogP contribution >= 0.6 is 0 Å². The Morgan fingerprint density at radius 3 is 2.91 bits per heavy atom. The summed E-state index contributed by atoms with van der Waals surface area (Å²) in [6.07, 6.45) is 6.26. The van der Waals surface area contributed by atoms with Gasteiger partial charge in [0.2, 0.25) is 5.91 Å². The fraction of sp³-hybridized carbons (Fsp3) is 0.688. The molecular formula is C16H23N3O3. The van der Waals surface area contributed by atoms with Gasteiger partial charge >= 0.3 is 5.97 Å². The first kappa shape index (κ1) is 15.1. The van der Waals surface area contributed by atoms with E-state index in [1.807, 2.05) is 9.58 Å². The van der Waals surface area contributed by atoms with Crippen molar-refractivity contribution in [2.75, 3.05) is 19.7 Å². The molecule has 0 aromatic carbocycles. The fourth-order valence-corrected chi connectivity index (χ4v) is 3.13. The van der Waals surface area contributed by atoms with Crippen LogP contribution in [0.1, 0.15) is 49.5 Å². The lowest BCUT2D eigenvalue weighted by Gasteiger charge is -2.33. The van der Waals surface area contributed by atoms with Gasteiger partial charge < -0.3 is 9.64 Å². The Morgan fingerprint density at radius 1 is 1.45 bits per heavy atom. The Balaban J connectivity index is 1.64. The van der Waals surface area contributed by atoms with Crippen molar-refractivity contribution in [3.05, 3.63) is 18.0 Å². The number of carbonyl (C=O) groups excluding carboxylic acids is 2. The molecule has 0 spiro atoms. The minimum Gasteiger partial charge on any atom is -0.462 e. The second kappa shape index (κ2) is 6.10. The fourth-order valence-electron chi connectivity index (χ4n) is 3.13. The van der Waals surface area contributed by atoms with Crippen LogP contribution in [0.15, 0.2) is 12.4 Å². The summed E-state index contributed by atoms with van der Waals surface area (Å²) in [4.78, 5) is 26.0. The largest absolute Gasteiger partial charge is 0.462 e. The van der Waals surface area contributed by atoms with Gasteiger partial charge in [-0.1, -0.05) is 6.92 Å². The predicted octanol–water partition coefficient (Wildman–Crippen LogP) is 1.88. The number of likely N-dealkylation sites (tertiary alicyclic amines) is 1. The Labute approximate surface area is 130 Å². The summed E-state index contributed by atoms with van der Waals surface area (Å²) in [5.41, 5.74) is 0.473. The molecule has 22 heavy (non-hydrogen) atoms. The lowest BCUT2D eigenvalue weighted by molar-refractivity contribution is -0.134. The molecule has 120 valence electrons. The highest BCUT2D eigenvalue weighted by molar-refractivity contribution is 5.88. The lowest BCUT2D eigenvalue weighted by Crippen LogP contribution is -2.41. The van der Waals surface area contributed by atoms with Crippen molar-refractivity contribution >= 4 is 11.9 Å². The van der Waals surface area contributed by atoms with Gasteiger partial charge in [0, 0.05) is 25.2 Å². The SMILES string of the molecule is CCOC(=O)c1cnn(C2CCCN(C(=O)C3CC3C)C2)c1. The Morgan fingerprint density at radius 2 is 2.23 bits per heavy atom. The van der Waals surface area contributed by atoms with Crippen LogP contribution in [0.2, 0.25) is 0 Å². The Hall–Kier alpha value is -1.85. The maximum Gasteiger partial charge on any atom is 0.341 e. The molecular weight excluding hydrogens is 282 g/mol. The van der Waals surface area contributed by atoms with Gasteiger partial charge in [0.05, 0.1) is 24.4 Å². The van der Waals surface area contributed by atoms with Crippen molar-refractivity contribution in [2.45, 2.75) is 39.2 Å². The van der Waals surface area contributed by atoms with Gasteiger partial charge in [-0.05, 0) is 32.1 Å². The molecule has 6 nitrogen and oxygen atoms in total. The van der Waals surface area contributed by atoms with E-state index in [9.17, 15) is 9.59 Å². The molecule has 1 aliphatic carbocycles. The van der Waals surface area contributed by atoms with Crippen LogP contribution < -0.4 is 0 Å². The maximum absolute atomic E-state index is 12.4. The van der Waals surface area contributed by atoms with Crippen molar-refractivity contribution in [2.24, 2.45) is 11.8 Å². The molecule has 1 amide bonds. The molecule has 2 fully saturated rings. The highest BCUT2D eigenvalue weighted by Crippen LogP contribution is 2.40. The quantitative estimate of drug-likeness (QED) is 0.797. The molecule has 1 saturated carbocycles. The minimum atomic E-state index is -0.343.